The Kier molecular flexibility index (Phi) is 3.82. The third-order valence-electron chi connectivity index (χ3n) is 3.65. The highest BCUT2D eigenvalue weighted by molar-refractivity contribution is 5.67. The van der Waals surface area contributed by atoms with Crippen molar-refractivity contribution in [3.05, 3.63) is 0 Å². The van der Waals surface area contributed by atoms with Crippen molar-refractivity contribution in [1.29, 1.82) is 0 Å². The molecule has 1 saturated heterocycles. The van der Waals surface area contributed by atoms with Crippen molar-refractivity contribution in [3.63, 3.8) is 0 Å². The molecule has 1 atom stereocenters. The largest absolute Gasteiger partial charge is 0.481 e. The first kappa shape index (κ1) is 11.9. The van der Waals surface area contributed by atoms with Crippen molar-refractivity contribution in [2.75, 3.05) is 13.1 Å². The fourth-order valence-electron chi connectivity index (χ4n) is 2.87. The number of nitrogens with one attached hydrogen (secondary N) is 1. The Balaban J connectivity index is 1.95. The molecule has 0 radical (unpaired) electrons. The molecule has 4 nitrogen and oxygen atoms in total. The lowest BCUT2D eigenvalue weighted by Gasteiger charge is -2.41. The van der Waals surface area contributed by atoms with Gasteiger partial charge in [0.05, 0.1) is 18.1 Å². The Morgan fingerprint density at radius 3 is 2.62 bits per heavy atom. The molecule has 2 rings (SSSR count). The number of ether oxygens (including phenoxy) is 1. The van der Waals surface area contributed by atoms with Crippen LogP contribution >= 0.6 is 0 Å². The van der Waals surface area contributed by atoms with E-state index in [1.807, 2.05) is 0 Å². The van der Waals surface area contributed by atoms with Crippen LogP contribution in [0.2, 0.25) is 0 Å². The molecule has 4 heteroatoms. The minimum Gasteiger partial charge on any atom is -0.481 e. The maximum atomic E-state index is 10.7. The summed E-state index contributed by atoms with van der Waals surface area (Å²) in [6.45, 7) is 1.57. The number of carboxylic acid groups (broad SMARTS) is 1. The van der Waals surface area contributed by atoms with Crippen LogP contribution in [-0.2, 0) is 9.53 Å². The molecule has 2 aliphatic rings. The molecule has 1 saturated carbocycles. The zero-order chi connectivity index (χ0) is 11.4. The van der Waals surface area contributed by atoms with Gasteiger partial charge in [-0.1, -0.05) is 25.7 Å². The summed E-state index contributed by atoms with van der Waals surface area (Å²) in [6, 6.07) is 0. The molecular formula is C12H21NO3. The molecule has 1 unspecified atom stereocenters. The van der Waals surface area contributed by atoms with E-state index in [1.54, 1.807) is 0 Å². The predicted octanol–water partition coefficient (Wildman–Crippen LogP) is 1.54. The first-order chi connectivity index (χ1) is 7.70. The predicted molar refractivity (Wildman–Crippen MR) is 60.4 cm³/mol. The van der Waals surface area contributed by atoms with Gasteiger partial charge < -0.3 is 15.2 Å². The van der Waals surface area contributed by atoms with Crippen LogP contribution in [0, 0.1) is 0 Å². The van der Waals surface area contributed by atoms with Gasteiger partial charge in [0.1, 0.15) is 0 Å². The molecule has 0 amide bonds. The number of carboxylic acids is 1. The first-order valence-electron chi connectivity index (χ1n) is 6.31. The van der Waals surface area contributed by atoms with E-state index >= 15 is 0 Å². The summed E-state index contributed by atoms with van der Waals surface area (Å²) in [6.07, 6.45) is 7.12. The summed E-state index contributed by atoms with van der Waals surface area (Å²) in [5.74, 6) is -0.766. The smallest absolute Gasteiger partial charge is 0.306 e. The Morgan fingerprint density at radius 1 is 1.31 bits per heavy atom. The van der Waals surface area contributed by atoms with Gasteiger partial charge in [0.25, 0.3) is 0 Å². The van der Waals surface area contributed by atoms with E-state index < -0.39 is 5.97 Å². The SMILES string of the molecule is O=C(O)CC1CNCC2(CCCCCC2)O1. The Morgan fingerprint density at radius 2 is 2.00 bits per heavy atom. The third kappa shape index (κ3) is 2.95. The number of rotatable bonds is 2. The topological polar surface area (TPSA) is 58.6 Å². The van der Waals surface area contributed by atoms with Gasteiger partial charge in [-0.3, -0.25) is 4.79 Å². The molecular weight excluding hydrogens is 206 g/mol. The van der Waals surface area contributed by atoms with Crippen molar-refractivity contribution >= 4 is 5.97 Å². The van der Waals surface area contributed by atoms with E-state index in [1.165, 1.54) is 25.7 Å². The van der Waals surface area contributed by atoms with Crippen LogP contribution in [0.4, 0.5) is 0 Å². The standard InChI is InChI=1S/C12H21NO3/c14-11(15)7-10-8-13-9-12(16-10)5-3-1-2-4-6-12/h10,13H,1-9H2,(H,14,15). The summed E-state index contributed by atoms with van der Waals surface area (Å²) in [7, 11) is 0. The first-order valence-corrected chi connectivity index (χ1v) is 6.31. The monoisotopic (exact) mass is 227 g/mol. The highest BCUT2D eigenvalue weighted by Crippen LogP contribution is 2.33. The van der Waals surface area contributed by atoms with Gasteiger partial charge in [-0.15, -0.1) is 0 Å². The van der Waals surface area contributed by atoms with Crippen LogP contribution in [0.25, 0.3) is 0 Å². The minimum atomic E-state index is -0.766. The molecule has 0 aromatic carbocycles. The van der Waals surface area contributed by atoms with Gasteiger partial charge in [0, 0.05) is 13.1 Å². The fourth-order valence-corrected chi connectivity index (χ4v) is 2.87. The normalized spacial score (nSPS) is 29.9. The molecule has 0 bridgehead atoms. The van der Waals surface area contributed by atoms with Gasteiger partial charge >= 0.3 is 5.97 Å². The third-order valence-corrected chi connectivity index (χ3v) is 3.65. The maximum absolute atomic E-state index is 10.7. The fraction of sp³-hybridized carbons (Fsp3) is 0.917. The number of morpholine rings is 1. The Hall–Kier alpha value is -0.610. The lowest BCUT2D eigenvalue weighted by Crippen LogP contribution is -2.54. The van der Waals surface area contributed by atoms with Crippen LogP contribution in [0.5, 0.6) is 0 Å². The zero-order valence-corrected chi connectivity index (χ0v) is 9.71. The van der Waals surface area contributed by atoms with Crippen LogP contribution in [-0.4, -0.2) is 35.9 Å². The minimum absolute atomic E-state index is 0.0745. The molecule has 0 aromatic rings. The van der Waals surface area contributed by atoms with Crippen LogP contribution in [0.1, 0.15) is 44.9 Å². The Labute approximate surface area is 96.4 Å². The van der Waals surface area contributed by atoms with E-state index in [4.69, 9.17) is 9.84 Å². The highest BCUT2D eigenvalue weighted by atomic mass is 16.5. The number of hydrogen-bond acceptors (Lipinski definition) is 3. The van der Waals surface area contributed by atoms with Crippen molar-refractivity contribution in [2.45, 2.75) is 56.7 Å². The molecule has 16 heavy (non-hydrogen) atoms. The molecule has 1 heterocycles. The van der Waals surface area contributed by atoms with E-state index in [0.717, 1.165) is 19.4 Å². The van der Waals surface area contributed by atoms with Gasteiger partial charge in [-0.05, 0) is 12.8 Å². The second-order valence-corrected chi connectivity index (χ2v) is 5.07. The number of carbonyl (C=O) groups is 1. The van der Waals surface area contributed by atoms with E-state index in [9.17, 15) is 4.79 Å². The molecule has 1 spiro atoms. The highest BCUT2D eigenvalue weighted by Gasteiger charge is 2.37. The summed E-state index contributed by atoms with van der Waals surface area (Å²) >= 11 is 0. The van der Waals surface area contributed by atoms with Gasteiger partial charge in [0.2, 0.25) is 0 Å². The van der Waals surface area contributed by atoms with Gasteiger partial charge in [0.15, 0.2) is 0 Å². The summed E-state index contributed by atoms with van der Waals surface area (Å²) in [5, 5.41) is 12.1. The quantitative estimate of drug-likeness (QED) is 0.751. The molecule has 1 aliphatic carbocycles. The van der Waals surface area contributed by atoms with E-state index in [0.29, 0.717) is 6.54 Å². The van der Waals surface area contributed by atoms with Crippen molar-refractivity contribution < 1.29 is 14.6 Å². The molecule has 0 aromatic heterocycles. The average molecular weight is 227 g/mol. The van der Waals surface area contributed by atoms with Crippen LogP contribution in [0.3, 0.4) is 0 Å². The zero-order valence-electron chi connectivity index (χ0n) is 9.71. The number of hydrogen-bond donors (Lipinski definition) is 2. The molecule has 92 valence electrons. The van der Waals surface area contributed by atoms with Crippen LogP contribution in [0.15, 0.2) is 0 Å². The van der Waals surface area contributed by atoms with Crippen molar-refractivity contribution in [3.8, 4) is 0 Å². The van der Waals surface area contributed by atoms with Crippen LogP contribution < -0.4 is 5.32 Å². The Bertz CT molecular complexity index is 247. The second kappa shape index (κ2) is 5.15. The average Bonchev–Trinajstić information content (AvgIpc) is 2.43. The molecule has 2 fully saturated rings. The summed E-state index contributed by atoms with van der Waals surface area (Å²) in [4.78, 5) is 10.7. The van der Waals surface area contributed by atoms with Crippen molar-refractivity contribution in [2.24, 2.45) is 0 Å². The van der Waals surface area contributed by atoms with Gasteiger partial charge in [-0.2, -0.15) is 0 Å². The van der Waals surface area contributed by atoms with E-state index in [-0.39, 0.29) is 18.1 Å². The molecule has 2 N–H and O–H groups in total. The number of aliphatic carboxylic acids is 1. The van der Waals surface area contributed by atoms with E-state index in [2.05, 4.69) is 5.32 Å². The second-order valence-electron chi connectivity index (χ2n) is 5.07. The molecule has 1 aliphatic heterocycles. The lowest BCUT2D eigenvalue weighted by atomic mass is 9.92. The maximum Gasteiger partial charge on any atom is 0.306 e. The van der Waals surface area contributed by atoms with Gasteiger partial charge in [-0.25, -0.2) is 0 Å². The van der Waals surface area contributed by atoms with Crippen molar-refractivity contribution in [1.82, 2.24) is 5.32 Å². The summed E-state index contributed by atoms with van der Waals surface area (Å²) in [5.41, 5.74) is -0.0745. The lowest BCUT2D eigenvalue weighted by molar-refractivity contribution is -0.152. The summed E-state index contributed by atoms with van der Waals surface area (Å²) < 4.78 is 6.06.